The number of hydrogen-bond acceptors (Lipinski definition) is 4. The summed E-state index contributed by atoms with van der Waals surface area (Å²) in [6.07, 6.45) is 3.69. The monoisotopic (exact) mass is 268 g/mol. The second-order valence-electron chi connectivity index (χ2n) is 4.85. The molecule has 0 spiro atoms. The van der Waals surface area contributed by atoms with Gasteiger partial charge in [-0.2, -0.15) is 12.6 Å². The van der Waals surface area contributed by atoms with Crippen LogP contribution in [0.1, 0.15) is 19.3 Å². The average molecular weight is 268 g/mol. The molecule has 0 atom stereocenters. The lowest BCUT2D eigenvalue weighted by atomic mass is 9.71. The minimum Gasteiger partial charge on any atom is -0.496 e. The van der Waals surface area contributed by atoms with Crippen LogP contribution in [0.5, 0.6) is 17.2 Å². The fraction of sp³-hybridized carbons (Fsp3) is 0.571. The third-order valence-electron chi connectivity index (χ3n) is 3.62. The van der Waals surface area contributed by atoms with E-state index in [1.165, 1.54) is 19.3 Å². The van der Waals surface area contributed by atoms with Crippen molar-refractivity contribution >= 4 is 12.6 Å². The van der Waals surface area contributed by atoms with Crippen molar-refractivity contribution in [2.24, 2.45) is 5.41 Å². The Morgan fingerprint density at radius 2 is 1.61 bits per heavy atom. The molecule has 0 radical (unpaired) electrons. The molecule has 1 aromatic carbocycles. The molecule has 0 bridgehead atoms. The molecule has 2 rings (SSSR count). The largest absolute Gasteiger partial charge is 0.496 e. The van der Waals surface area contributed by atoms with E-state index in [1.807, 2.05) is 18.2 Å². The van der Waals surface area contributed by atoms with E-state index in [4.69, 9.17) is 14.2 Å². The zero-order valence-electron chi connectivity index (χ0n) is 10.9. The molecule has 1 fully saturated rings. The van der Waals surface area contributed by atoms with Crippen LogP contribution >= 0.6 is 12.6 Å². The summed E-state index contributed by atoms with van der Waals surface area (Å²) in [4.78, 5) is 0. The number of rotatable bonds is 6. The van der Waals surface area contributed by atoms with E-state index in [2.05, 4.69) is 12.6 Å². The summed E-state index contributed by atoms with van der Waals surface area (Å²) in [6.45, 7) is 0.715. The molecular weight excluding hydrogens is 248 g/mol. The van der Waals surface area contributed by atoms with Crippen molar-refractivity contribution in [1.29, 1.82) is 0 Å². The highest BCUT2D eigenvalue weighted by molar-refractivity contribution is 7.80. The molecule has 0 N–H and O–H groups in total. The maximum absolute atomic E-state index is 5.88. The fourth-order valence-corrected chi connectivity index (χ4v) is 2.53. The second kappa shape index (κ2) is 5.74. The molecule has 0 saturated heterocycles. The van der Waals surface area contributed by atoms with Gasteiger partial charge in [-0.15, -0.1) is 0 Å². The lowest BCUT2D eigenvalue weighted by molar-refractivity contribution is 0.0826. The van der Waals surface area contributed by atoms with E-state index in [1.54, 1.807) is 14.2 Å². The van der Waals surface area contributed by atoms with E-state index >= 15 is 0 Å². The fourth-order valence-electron chi connectivity index (χ4n) is 2.13. The first-order valence-electron chi connectivity index (χ1n) is 6.18. The lowest BCUT2D eigenvalue weighted by Crippen LogP contribution is -2.37. The Morgan fingerprint density at radius 1 is 1.06 bits per heavy atom. The molecule has 1 aromatic rings. The average Bonchev–Trinajstić information content (AvgIpc) is 2.37. The summed E-state index contributed by atoms with van der Waals surface area (Å²) in [5.74, 6) is 3.17. The van der Waals surface area contributed by atoms with Gasteiger partial charge in [0.25, 0.3) is 0 Å². The summed E-state index contributed by atoms with van der Waals surface area (Å²) in [5, 5.41) is 0. The smallest absolute Gasteiger partial charge is 0.126 e. The van der Waals surface area contributed by atoms with E-state index in [0.29, 0.717) is 6.61 Å². The van der Waals surface area contributed by atoms with E-state index in [9.17, 15) is 0 Å². The van der Waals surface area contributed by atoms with Crippen molar-refractivity contribution in [3.8, 4) is 17.2 Å². The van der Waals surface area contributed by atoms with Gasteiger partial charge in [0.05, 0.1) is 20.8 Å². The molecular formula is C14H20O3S. The Hall–Kier alpha value is -1.03. The predicted molar refractivity (Wildman–Crippen MR) is 75.2 cm³/mol. The highest BCUT2D eigenvalue weighted by Gasteiger charge is 2.36. The SMILES string of the molecule is COc1cc(OC)cc(OCC2(CS)CCC2)c1. The highest BCUT2D eigenvalue weighted by atomic mass is 32.1. The first-order chi connectivity index (χ1) is 8.71. The molecule has 0 unspecified atom stereocenters. The van der Waals surface area contributed by atoms with Gasteiger partial charge in [0.2, 0.25) is 0 Å². The molecule has 1 aliphatic rings. The normalized spacial score (nSPS) is 16.8. The summed E-state index contributed by atoms with van der Waals surface area (Å²) in [5.41, 5.74) is 0.263. The molecule has 1 aliphatic carbocycles. The Morgan fingerprint density at radius 3 is 2.00 bits per heavy atom. The van der Waals surface area contributed by atoms with Crippen molar-refractivity contribution in [2.75, 3.05) is 26.6 Å². The van der Waals surface area contributed by atoms with Gasteiger partial charge in [0.15, 0.2) is 0 Å². The predicted octanol–water partition coefficient (Wildman–Crippen LogP) is 3.18. The third kappa shape index (κ3) is 2.86. The minimum absolute atomic E-state index is 0.263. The first kappa shape index (κ1) is 13.4. The van der Waals surface area contributed by atoms with Crippen LogP contribution in [0, 0.1) is 5.41 Å². The molecule has 18 heavy (non-hydrogen) atoms. The lowest BCUT2D eigenvalue weighted by Gasteiger charge is -2.40. The van der Waals surface area contributed by atoms with Crippen LogP contribution in [0.15, 0.2) is 18.2 Å². The van der Waals surface area contributed by atoms with Gasteiger partial charge >= 0.3 is 0 Å². The van der Waals surface area contributed by atoms with E-state index < -0.39 is 0 Å². The van der Waals surface area contributed by atoms with Crippen molar-refractivity contribution in [3.05, 3.63) is 18.2 Å². The molecule has 0 aromatic heterocycles. The van der Waals surface area contributed by atoms with Crippen molar-refractivity contribution < 1.29 is 14.2 Å². The molecule has 0 amide bonds. The second-order valence-corrected chi connectivity index (χ2v) is 5.16. The van der Waals surface area contributed by atoms with Gasteiger partial charge in [-0.1, -0.05) is 6.42 Å². The van der Waals surface area contributed by atoms with Crippen LogP contribution in [0.2, 0.25) is 0 Å². The zero-order chi connectivity index (χ0) is 13.0. The first-order valence-corrected chi connectivity index (χ1v) is 6.81. The van der Waals surface area contributed by atoms with E-state index in [0.717, 1.165) is 23.0 Å². The Labute approximate surface area is 114 Å². The van der Waals surface area contributed by atoms with Gasteiger partial charge in [-0.05, 0) is 18.6 Å². The van der Waals surface area contributed by atoms with Gasteiger partial charge < -0.3 is 14.2 Å². The summed E-state index contributed by atoms with van der Waals surface area (Å²) < 4.78 is 16.3. The molecule has 1 saturated carbocycles. The van der Waals surface area contributed by atoms with Crippen LogP contribution in [-0.2, 0) is 0 Å². The van der Waals surface area contributed by atoms with Gasteiger partial charge in [0, 0.05) is 23.6 Å². The summed E-state index contributed by atoms with van der Waals surface area (Å²) in [7, 11) is 3.28. The van der Waals surface area contributed by atoms with Crippen molar-refractivity contribution in [3.63, 3.8) is 0 Å². The maximum Gasteiger partial charge on any atom is 0.126 e. The van der Waals surface area contributed by atoms with Crippen LogP contribution in [0.3, 0.4) is 0 Å². The molecule has 3 nitrogen and oxygen atoms in total. The summed E-state index contributed by atoms with van der Waals surface area (Å²) >= 11 is 4.43. The summed E-state index contributed by atoms with van der Waals surface area (Å²) in [6, 6.07) is 5.60. The molecule has 100 valence electrons. The quantitative estimate of drug-likeness (QED) is 0.803. The molecule has 4 heteroatoms. The maximum atomic E-state index is 5.88. The third-order valence-corrected chi connectivity index (χ3v) is 4.29. The van der Waals surface area contributed by atoms with Crippen molar-refractivity contribution in [2.45, 2.75) is 19.3 Å². The van der Waals surface area contributed by atoms with Gasteiger partial charge in [0.1, 0.15) is 17.2 Å². The van der Waals surface area contributed by atoms with Crippen LogP contribution in [-0.4, -0.2) is 26.6 Å². The molecule has 0 aliphatic heterocycles. The number of ether oxygens (including phenoxy) is 3. The Bertz CT molecular complexity index is 374. The molecule has 0 heterocycles. The van der Waals surface area contributed by atoms with Gasteiger partial charge in [-0.3, -0.25) is 0 Å². The van der Waals surface area contributed by atoms with Crippen molar-refractivity contribution in [1.82, 2.24) is 0 Å². The van der Waals surface area contributed by atoms with E-state index in [-0.39, 0.29) is 5.41 Å². The van der Waals surface area contributed by atoms with Crippen LogP contribution < -0.4 is 14.2 Å². The van der Waals surface area contributed by atoms with Crippen LogP contribution in [0.25, 0.3) is 0 Å². The topological polar surface area (TPSA) is 27.7 Å². The minimum atomic E-state index is 0.263. The standard InChI is InChI=1S/C14H20O3S/c1-15-11-6-12(16-2)8-13(7-11)17-9-14(10-18)4-3-5-14/h6-8,18H,3-5,9-10H2,1-2H3. The number of hydrogen-bond donors (Lipinski definition) is 1. The van der Waals surface area contributed by atoms with Crippen LogP contribution in [0.4, 0.5) is 0 Å². The number of thiol groups is 1. The Balaban J connectivity index is 2.04. The number of benzene rings is 1. The van der Waals surface area contributed by atoms with Gasteiger partial charge in [-0.25, -0.2) is 0 Å². The zero-order valence-corrected chi connectivity index (χ0v) is 11.8. The number of methoxy groups -OCH3 is 2. The Kier molecular flexibility index (Phi) is 4.27. The highest BCUT2D eigenvalue weighted by Crippen LogP contribution is 2.42.